The van der Waals surface area contributed by atoms with Crippen LogP contribution in [0.4, 0.5) is 18.0 Å². The van der Waals surface area contributed by atoms with Crippen LogP contribution in [0, 0.1) is 5.92 Å². The standard InChI is InChI=1S/C11H19F3N2O3/c1-7(2)5-16(6-9(17)18)10(19)15-8(3)4-11(12,13)14/h7-8H,4-6H2,1-3H3,(H,15,19)(H,17,18). The van der Waals surface area contributed by atoms with Gasteiger partial charge in [-0.3, -0.25) is 4.79 Å². The minimum Gasteiger partial charge on any atom is -0.480 e. The van der Waals surface area contributed by atoms with Crippen molar-refractivity contribution in [3.63, 3.8) is 0 Å². The third kappa shape index (κ3) is 9.15. The maximum Gasteiger partial charge on any atom is 0.391 e. The molecule has 0 aromatic heterocycles. The van der Waals surface area contributed by atoms with Crippen molar-refractivity contribution in [2.75, 3.05) is 13.1 Å². The van der Waals surface area contributed by atoms with Crippen LogP contribution < -0.4 is 5.32 Å². The van der Waals surface area contributed by atoms with Crippen LogP contribution in [-0.2, 0) is 4.79 Å². The monoisotopic (exact) mass is 284 g/mol. The number of urea groups is 1. The predicted octanol–water partition coefficient (Wildman–Crippen LogP) is 2.08. The van der Waals surface area contributed by atoms with E-state index >= 15 is 0 Å². The van der Waals surface area contributed by atoms with Crippen LogP contribution in [0.1, 0.15) is 27.2 Å². The van der Waals surface area contributed by atoms with Gasteiger partial charge in [-0.05, 0) is 12.8 Å². The molecule has 112 valence electrons. The van der Waals surface area contributed by atoms with E-state index in [0.717, 1.165) is 4.90 Å². The van der Waals surface area contributed by atoms with Gasteiger partial charge in [0.15, 0.2) is 0 Å². The molecule has 0 aromatic carbocycles. The number of amides is 2. The molecule has 5 nitrogen and oxygen atoms in total. The fourth-order valence-electron chi connectivity index (χ4n) is 1.52. The Kier molecular flexibility index (Phi) is 6.64. The Morgan fingerprint density at radius 1 is 1.26 bits per heavy atom. The fraction of sp³-hybridized carbons (Fsp3) is 0.818. The zero-order valence-corrected chi connectivity index (χ0v) is 11.1. The van der Waals surface area contributed by atoms with Crippen LogP contribution in [0.3, 0.4) is 0 Å². The van der Waals surface area contributed by atoms with Crippen LogP contribution in [0.15, 0.2) is 0 Å². The highest BCUT2D eigenvalue weighted by molar-refractivity contribution is 5.80. The van der Waals surface area contributed by atoms with Crippen LogP contribution >= 0.6 is 0 Å². The van der Waals surface area contributed by atoms with Crippen LogP contribution in [0.2, 0.25) is 0 Å². The summed E-state index contributed by atoms with van der Waals surface area (Å²) in [5.41, 5.74) is 0. The Bertz CT molecular complexity index is 319. The maximum absolute atomic E-state index is 12.1. The number of carboxylic acids is 1. The number of carbonyl (C=O) groups excluding carboxylic acids is 1. The number of nitrogens with zero attached hydrogens (tertiary/aromatic N) is 1. The molecule has 0 aliphatic rings. The van der Waals surface area contributed by atoms with Gasteiger partial charge in [-0.15, -0.1) is 0 Å². The van der Waals surface area contributed by atoms with Gasteiger partial charge in [-0.1, -0.05) is 13.8 Å². The predicted molar refractivity (Wildman–Crippen MR) is 62.7 cm³/mol. The van der Waals surface area contributed by atoms with E-state index < -0.39 is 37.2 Å². The topological polar surface area (TPSA) is 69.6 Å². The molecule has 0 aliphatic carbocycles. The summed E-state index contributed by atoms with van der Waals surface area (Å²) in [6.45, 7) is 4.40. The molecule has 0 radical (unpaired) electrons. The largest absolute Gasteiger partial charge is 0.480 e. The van der Waals surface area contributed by atoms with E-state index in [-0.39, 0.29) is 12.5 Å². The normalized spacial score (nSPS) is 13.2. The Balaban J connectivity index is 4.50. The van der Waals surface area contributed by atoms with Crippen molar-refractivity contribution >= 4 is 12.0 Å². The first-order valence-corrected chi connectivity index (χ1v) is 5.85. The van der Waals surface area contributed by atoms with Crippen molar-refractivity contribution in [1.82, 2.24) is 10.2 Å². The second-order valence-corrected chi connectivity index (χ2v) is 4.84. The number of nitrogens with one attached hydrogen (secondary N) is 1. The lowest BCUT2D eigenvalue weighted by atomic mass is 10.2. The second-order valence-electron chi connectivity index (χ2n) is 4.84. The zero-order chi connectivity index (χ0) is 15.2. The number of aliphatic carboxylic acids is 1. The summed E-state index contributed by atoms with van der Waals surface area (Å²) in [5.74, 6) is -1.19. The van der Waals surface area contributed by atoms with Crippen molar-refractivity contribution < 1.29 is 27.9 Å². The lowest BCUT2D eigenvalue weighted by molar-refractivity contribution is -0.140. The van der Waals surface area contributed by atoms with Crippen LogP contribution in [0.5, 0.6) is 0 Å². The fourth-order valence-corrected chi connectivity index (χ4v) is 1.52. The molecule has 1 unspecified atom stereocenters. The average molecular weight is 284 g/mol. The number of hydrogen-bond donors (Lipinski definition) is 2. The van der Waals surface area contributed by atoms with Gasteiger partial charge in [0.05, 0.1) is 6.42 Å². The average Bonchev–Trinajstić information content (AvgIpc) is 2.11. The van der Waals surface area contributed by atoms with E-state index in [1.807, 2.05) is 0 Å². The molecule has 0 rings (SSSR count). The van der Waals surface area contributed by atoms with E-state index in [4.69, 9.17) is 5.11 Å². The molecule has 1 atom stereocenters. The molecule has 2 amide bonds. The molecule has 0 spiro atoms. The molecule has 2 N–H and O–H groups in total. The summed E-state index contributed by atoms with van der Waals surface area (Å²) in [6, 6.07) is -1.90. The number of carboxylic acid groups (broad SMARTS) is 1. The summed E-state index contributed by atoms with van der Waals surface area (Å²) >= 11 is 0. The van der Waals surface area contributed by atoms with Crippen LogP contribution in [0.25, 0.3) is 0 Å². The number of rotatable bonds is 6. The van der Waals surface area contributed by atoms with Gasteiger partial charge < -0.3 is 15.3 Å². The van der Waals surface area contributed by atoms with Gasteiger partial charge in [0.25, 0.3) is 0 Å². The molecule has 0 bridgehead atoms. The van der Waals surface area contributed by atoms with Crippen LogP contribution in [-0.4, -0.2) is 47.3 Å². The first-order valence-electron chi connectivity index (χ1n) is 5.85. The highest BCUT2D eigenvalue weighted by atomic mass is 19.4. The number of alkyl halides is 3. The SMILES string of the molecule is CC(C)CN(CC(=O)O)C(=O)NC(C)CC(F)(F)F. The van der Waals surface area contributed by atoms with Gasteiger partial charge >= 0.3 is 18.2 Å². The molecular formula is C11H19F3N2O3. The van der Waals surface area contributed by atoms with E-state index in [2.05, 4.69) is 5.32 Å². The van der Waals surface area contributed by atoms with Crippen molar-refractivity contribution in [3.05, 3.63) is 0 Å². The molecular weight excluding hydrogens is 265 g/mol. The molecule has 0 saturated carbocycles. The van der Waals surface area contributed by atoms with E-state index in [1.165, 1.54) is 6.92 Å². The number of carbonyl (C=O) groups is 2. The summed E-state index contributed by atoms with van der Waals surface area (Å²) in [7, 11) is 0. The van der Waals surface area contributed by atoms with Gasteiger partial charge in [-0.2, -0.15) is 13.2 Å². The molecule has 8 heteroatoms. The Morgan fingerprint density at radius 3 is 2.16 bits per heavy atom. The van der Waals surface area contributed by atoms with Gasteiger partial charge in [0.2, 0.25) is 0 Å². The molecule has 0 heterocycles. The lowest BCUT2D eigenvalue weighted by Crippen LogP contribution is -2.48. The summed E-state index contributed by atoms with van der Waals surface area (Å²) < 4.78 is 36.4. The van der Waals surface area contributed by atoms with Gasteiger partial charge in [-0.25, -0.2) is 4.79 Å². The highest BCUT2D eigenvalue weighted by Crippen LogP contribution is 2.21. The summed E-state index contributed by atoms with van der Waals surface area (Å²) in [5, 5.41) is 10.8. The molecule has 0 aromatic rings. The Labute approximate surface area is 109 Å². The lowest BCUT2D eigenvalue weighted by Gasteiger charge is -2.25. The van der Waals surface area contributed by atoms with Gasteiger partial charge in [0, 0.05) is 12.6 Å². The molecule has 19 heavy (non-hydrogen) atoms. The van der Waals surface area contributed by atoms with Crippen molar-refractivity contribution in [1.29, 1.82) is 0 Å². The second kappa shape index (κ2) is 7.20. The minimum absolute atomic E-state index is 0.0167. The van der Waals surface area contributed by atoms with Crippen molar-refractivity contribution in [3.8, 4) is 0 Å². The Morgan fingerprint density at radius 2 is 1.79 bits per heavy atom. The van der Waals surface area contributed by atoms with Crippen molar-refractivity contribution in [2.24, 2.45) is 5.92 Å². The quantitative estimate of drug-likeness (QED) is 0.784. The Hall–Kier alpha value is -1.47. The number of hydrogen-bond acceptors (Lipinski definition) is 2. The highest BCUT2D eigenvalue weighted by Gasteiger charge is 2.31. The third-order valence-corrected chi connectivity index (χ3v) is 2.11. The first-order chi connectivity index (χ1) is 8.51. The van der Waals surface area contributed by atoms with E-state index in [0.29, 0.717) is 0 Å². The summed E-state index contributed by atoms with van der Waals surface area (Å²) in [4.78, 5) is 23.3. The number of halogens is 3. The minimum atomic E-state index is -4.37. The molecule has 0 aliphatic heterocycles. The van der Waals surface area contributed by atoms with E-state index in [9.17, 15) is 22.8 Å². The first kappa shape index (κ1) is 17.5. The zero-order valence-electron chi connectivity index (χ0n) is 11.1. The van der Waals surface area contributed by atoms with E-state index in [1.54, 1.807) is 13.8 Å². The van der Waals surface area contributed by atoms with Gasteiger partial charge in [0.1, 0.15) is 6.54 Å². The van der Waals surface area contributed by atoms with Crippen molar-refractivity contribution in [2.45, 2.75) is 39.4 Å². The smallest absolute Gasteiger partial charge is 0.391 e. The third-order valence-electron chi connectivity index (χ3n) is 2.11. The summed E-state index contributed by atoms with van der Waals surface area (Å²) in [6.07, 6.45) is -5.52. The molecule has 0 saturated heterocycles. The maximum atomic E-state index is 12.1. The molecule has 0 fully saturated rings.